The molecular formula is C34H42F2N4O5. The number of ether oxygens (including phenoxy) is 1. The predicted molar refractivity (Wildman–Crippen MR) is 164 cm³/mol. The smallest absolute Gasteiger partial charge is 0.251 e. The molecule has 1 saturated carbocycles. The number of halogens is 2. The van der Waals surface area contributed by atoms with Crippen LogP contribution in [0.15, 0.2) is 36.4 Å². The number of rotatable bonds is 9. The second kappa shape index (κ2) is 12.7. The molecule has 45 heavy (non-hydrogen) atoms. The van der Waals surface area contributed by atoms with E-state index in [2.05, 4.69) is 15.5 Å². The highest BCUT2D eigenvalue weighted by Crippen LogP contribution is 2.48. The van der Waals surface area contributed by atoms with Crippen molar-refractivity contribution in [1.82, 2.24) is 15.5 Å². The fourth-order valence-electron chi connectivity index (χ4n) is 7.97. The molecule has 11 heteroatoms. The Labute approximate surface area is 262 Å². The van der Waals surface area contributed by atoms with Gasteiger partial charge in [0.2, 0.25) is 11.8 Å². The van der Waals surface area contributed by atoms with E-state index >= 15 is 8.78 Å². The highest BCUT2D eigenvalue weighted by Gasteiger charge is 2.49. The molecule has 1 aliphatic carbocycles. The summed E-state index contributed by atoms with van der Waals surface area (Å²) in [5, 5.41) is 15.3. The molecule has 4 aliphatic rings. The number of methoxy groups -OCH3 is 1. The third-order valence-electron chi connectivity index (χ3n) is 10.5. The number of benzene rings is 2. The van der Waals surface area contributed by atoms with Crippen LogP contribution in [0.5, 0.6) is 5.75 Å². The van der Waals surface area contributed by atoms with Crippen molar-refractivity contribution in [2.24, 2.45) is 11.3 Å². The third kappa shape index (κ3) is 6.56. The highest BCUT2D eigenvalue weighted by atomic mass is 19.1. The summed E-state index contributed by atoms with van der Waals surface area (Å²) in [4.78, 5) is 41.2. The number of anilines is 1. The van der Waals surface area contributed by atoms with Crippen LogP contribution in [0.25, 0.3) is 0 Å². The van der Waals surface area contributed by atoms with Crippen molar-refractivity contribution in [1.29, 1.82) is 0 Å². The maximum absolute atomic E-state index is 15.1. The van der Waals surface area contributed by atoms with E-state index in [1.807, 2.05) is 4.90 Å². The molecule has 4 fully saturated rings. The standard InChI is InChI=1S/C34H42F2N4O5/c1-45-25-4-2-3-23(15-25)31(43)38-34(12-14-41)10-8-33(9-11-34)20-39(21-33)18-22-7-13-40(19-22)24-16-27(35)30(28(36)17-24)26-5-6-29(42)37-32(26)44/h2-4,15-17,22,26,41H,5-14,18-21H2,1H3,(H,38,43)(H,37,42,44)/t22-,26?/m0/s1. The van der Waals surface area contributed by atoms with Crippen LogP contribution in [0, 0.1) is 23.0 Å². The lowest BCUT2D eigenvalue weighted by Gasteiger charge is -2.56. The van der Waals surface area contributed by atoms with E-state index in [9.17, 15) is 19.5 Å². The lowest BCUT2D eigenvalue weighted by molar-refractivity contribution is -0.134. The second-order valence-corrected chi connectivity index (χ2v) is 13.5. The van der Waals surface area contributed by atoms with Gasteiger partial charge in [-0.2, -0.15) is 0 Å². The number of likely N-dealkylation sites (tertiary alicyclic amines) is 1. The number of aliphatic hydroxyl groups excluding tert-OH is 1. The lowest BCUT2D eigenvalue weighted by atomic mass is 9.62. The van der Waals surface area contributed by atoms with Crippen molar-refractivity contribution in [3.05, 3.63) is 59.2 Å². The van der Waals surface area contributed by atoms with Gasteiger partial charge < -0.3 is 25.0 Å². The molecule has 2 aromatic rings. The molecule has 1 spiro atoms. The molecule has 0 radical (unpaired) electrons. The van der Waals surface area contributed by atoms with Crippen LogP contribution >= 0.6 is 0 Å². The summed E-state index contributed by atoms with van der Waals surface area (Å²) in [7, 11) is 1.57. The number of carbonyl (C=O) groups excluding carboxylic acids is 3. The average Bonchev–Trinajstić information content (AvgIpc) is 3.47. The molecule has 9 nitrogen and oxygen atoms in total. The van der Waals surface area contributed by atoms with Crippen LogP contribution in [-0.2, 0) is 9.59 Å². The summed E-state index contributed by atoms with van der Waals surface area (Å²) in [6, 6.07) is 9.73. The summed E-state index contributed by atoms with van der Waals surface area (Å²) in [6.07, 6.45) is 5.22. The zero-order chi connectivity index (χ0) is 31.8. The van der Waals surface area contributed by atoms with Gasteiger partial charge in [-0.3, -0.25) is 19.7 Å². The Morgan fingerprint density at radius 1 is 1.09 bits per heavy atom. The van der Waals surface area contributed by atoms with Crippen LogP contribution in [0.1, 0.15) is 73.2 Å². The van der Waals surface area contributed by atoms with Gasteiger partial charge in [0.15, 0.2) is 0 Å². The Kier molecular flexibility index (Phi) is 8.85. The first-order valence-electron chi connectivity index (χ1n) is 16.0. The van der Waals surface area contributed by atoms with E-state index in [0.29, 0.717) is 42.4 Å². The quantitative estimate of drug-likeness (QED) is 0.365. The van der Waals surface area contributed by atoms with Crippen LogP contribution < -0.4 is 20.3 Å². The van der Waals surface area contributed by atoms with Gasteiger partial charge in [-0.25, -0.2) is 8.78 Å². The average molecular weight is 625 g/mol. The van der Waals surface area contributed by atoms with Gasteiger partial charge in [-0.05, 0) is 86.6 Å². The monoisotopic (exact) mass is 624 g/mol. The SMILES string of the molecule is COc1cccc(C(=O)NC2(CCO)CCC3(CC2)CN(C[C@@H]2CCN(c4cc(F)c(C5CCC(=O)NC5=O)c(F)c4)C2)C3)c1. The van der Waals surface area contributed by atoms with Gasteiger partial charge in [0, 0.05) is 68.1 Å². The summed E-state index contributed by atoms with van der Waals surface area (Å²) in [5.74, 6) is -2.71. The zero-order valence-corrected chi connectivity index (χ0v) is 25.7. The number of amides is 3. The van der Waals surface area contributed by atoms with E-state index in [-0.39, 0.29) is 36.3 Å². The fraction of sp³-hybridized carbons (Fsp3) is 0.559. The Morgan fingerprint density at radius 2 is 1.82 bits per heavy atom. The molecule has 3 aliphatic heterocycles. The zero-order valence-electron chi connectivity index (χ0n) is 25.7. The maximum atomic E-state index is 15.1. The minimum atomic E-state index is -1.00. The Bertz CT molecular complexity index is 1430. The molecule has 3 N–H and O–H groups in total. The molecule has 6 rings (SSSR count). The molecular weight excluding hydrogens is 582 g/mol. The first-order valence-corrected chi connectivity index (χ1v) is 16.0. The largest absolute Gasteiger partial charge is 0.497 e. The van der Waals surface area contributed by atoms with Crippen molar-refractivity contribution >= 4 is 23.4 Å². The number of piperidine rings is 1. The van der Waals surface area contributed by atoms with E-state index in [1.54, 1.807) is 31.4 Å². The first kappa shape index (κ1) is 31.4. The minimum Gasteiger partial charge on any atom is -0.497 e. The van der Waals surface area contributed by atoms with Crippen LogP contribution in [0.2, 0.25) is 0 Å². The number of hydrogen-bond acceptors (Lipinski definition) is 7. The van der Waals surface area contributed by atoms with Gasteiger partial charge >= 0.3 is 0 Å². The van der Waals surface area contributed by atoms with Gasteiger partial charge in [-0.15, -0.1) is 0 Å². The van der Waals surface area contributed by atoms with Crippen molar-refractivity contribution < 1.29 is 33.0 Å². The maximum Gasteiger partial charge on any atom is 0.251 e. The molecule has 2 aromatic carbocycles. The van der Waals surface area contributed by atoms with Gasteiger partial charge in [0.05, 0.1) is 13.0 Å². The number of nitrogens with one attached hydrogen (secondary N) is 2. The number of nitrogens with zero attached hydrogens (tertiary/aromatic N) is 2. The van der Waals surface area contributed by atoms with E-state index in [0.717, 1.165) is 51.7 Å². The van der Waals surface area contributed by atoms with Crippen LogP contribution in [-0.4, -0.2) is 79.7 Å². The molecule has 1 unspecified atom stereocenters. The summed E-state index contributed by atoms with van der Waals surface area (Å²) < 4.78 is 35.5. The molecule has 0 bridgehead atoms. The number of aliphatic hydroxyl groups is 1. The minimum absolute atomic E-state index is 0.0170. The Hall–Kier alpha value is -3.57. The molecule has 3 heterocycles. The molecule has 2 atom stereocenters. The fourth-order valence-corrected chi connectivity index (χ4v) is 7.97. The summed E-state index contributed by atoms with van der Waals surface area (Å²) in [5.41, 5.74) is 0.553. The summed E-state index contributed by atoms with van der Waals surface area (Å²) >= 11 is 0. The molecule has 0 aromatic heterocycles. The van der Waals surface area contributed by atoms with E-state index in [1.165, 1.54) is 12.1 Å². The topological polar surface area (TPSA) is 111 Å². The van der Waals surface area contributed by atoms with Crippen molar-refractivity contribution in [3.63, 3.8) is 0 Å². The third-order valence-corrected chi connectivity index (χ3v) is 10.5. The van der Waals surface area contributed by atoms with Crippen molar-refractivity contribution in [2.75, 3.05) is 51.3 Å². The summed E-state index contributed by atoms with van der Waals surface area (Å²) in [6.45, 7) is 4.33. The number of hydrogen-bond donors (Lipinski definition) is 3. The predicted octanol–water partition coefficient (Wildman–Crippen LogP) is 3.75. The van der Waals surface area contributed by atoms with Gasteiger partial charge in [0.25, 0.3) is 5.91 Å². The van der Waals surface area contributed by atoms with Crippen molar-refractivity contribution in [3.8, 4) is 5.75 Å². The van der Waals surface area contributed by atoms with Gasteiger partial charge in [0.1, 0.15) is 17.4 Å². The molecule has 3 saturated heterocycles. The lowest BCUT2D eigenvalue weighted by Crippen LogP contribution is -2.62. The van der Waals surface area contributed by atoms with E-state index in [4.69, 9.17) is 4.74 Å². The first-order chi connectivity index (χ1) is 21.6. The van der Waals surface area contributed by atoms with Crippen LogP contribution in [0.4, 0.5) is 14.5 Å². The normalized spacial score (nSPS) is 24.3. The highest BCUT2D eigenvalue weighted by molar-refractivity contribution is 6.01. The second-order valence-electron chi connectivity index (χ2n) is 13.5. The van der Waals surface area contributed by atoms with E-state index < -0.39 is 34.9 Å². The van der Waals surface area contributed by atoms with Crippen molar-refractivity contribution in [2.45, 2.75) is 62.8 Å². The van der Waals surface area contributed by atoms with Gasteiger partial charge in [-0.1, -0.05) is 6.07 Å². The number of carbonyl (C=O) groups is 3. The molecule has 242 valence electrons. The Balaban J connectivity index is 1.00. The van der Waals surface area contributed by atoms with Crippen LogP contribution in [0.3, 0.4) is 0 Å². The number of imide groups is 1. The Morgan fingerprint density at radius 3 is 2.49 bits per heavy atom. The molecule has 3 amide bonds.